The van der Waals surface area contributed by atoms with Crippen molar-refractivity contribution in [1.29, 1.82) is 0 Å². The van der Waals surface area contributed by atoms with Crippen LogP contribution in [-0.4, -0.2) is 11.5 Å². The van der Waals surface area contributed by atoms with Crippen LogP contribution >= 0.6 is 11.6 Å². The summed E-state index contributed by atoms with van der Waals surface area (Å²) in [5.74, 6) is -2.04. The van der Waals surface area contributed by atoms with Crippen molar-refractivity contribution in [3.63, 3.8) is 0 Å². The van der Waals surface area contributed by atoms with Gasteiger partial charge in [-0.3, -0.25) is 10.1 Å². The second kappa shape index (κ2) is 5.70. The van der Waals surface area contributed by atoms with E-state index in [0.29, 0.717) is 11.1 Å². The maximum atomic E-state index is 13.3. The Labute approximate surface area is 101 Å². The van der Waals surface area contributed by atoms with Gasteiger partial charge in [-0.2, -0.15) is 4.39 Å². The predicted octanol–water partition coefficient (Wildman–Crippen LogP) is 2.72. The molecule has 0 bridgehead atoms. The molecule has 1 aromatic rings. The van der Waals surface area contributed by atoms with Crippen LogP contribution in [0, 0.1) is 21.7 Å². The molecule has 1 N–H and O–H groups in total. The first kappa shape index (κ1) is 13.5. The summed E-state index contributed by atoms with van der Waals surface area (Å²) in [5.41, 5.74) is -0.760. The SMILES string of the molecule is C=C(Cl)CNCc1cc([N+](=O)[O-])c(F)cc1F. The zero-order valence-corrected chi connectivity index (χ0v) is 9.43. The van der Waals surface area contributed by atoms with Crippen LogP contribution in [0.2, 0.25) is 0 Å². The highest BCUT2D eigenvalue weighted by Gasteiger charge is 2.18. The van der Waals surface area contributed by atoms with Gasteiger partial charge in [-0.15, -0.1) is 0 Å². The lowest BCUT2D eigenvalue weighted by Crippen LogP contribution is -2.16. The van der Waals surface area contributed by atoms with E-state index in [1.807, 2.05) is 0 Å². The second-order valence-electron chi connectivity index (χ2n) is 3.27. The Balaban J connectivity index is 2.88. The molecule has 0 aliphatic carbocycles. The fourth-order valence-electron chi connectivity index (χ4n) is 1.19. The van der Waals surface area contributed by atoms with Gasteiger partial charge in [0, 0.05) is 35.8 Å². The Morgan fingerprint density at radius 3 is 2.65 bits per heavy atom. The number of nitro benzene ring substituents is 1. The predicted molar refractivity (Wildman–Crippen MR) is 59.7 cm³/mol. The maximum absolute atomic E-state index is 13.3. The van der Waals surface area contributed by atoms with Gasteiger partial charge in [-0.25, -0.2) is 4.39 Å². The van der Waals surface area contributed by atoms with Gasteiger partial charge in [0.1, 0.15) is 5.82 Å². The minimum atomic E-state index is -1.20. The van der Waals surface area contributed by atoms with E-state index in [4.69, 9.17) is 11.6 Å². The van der Waals surface area contributed by atoms with Crippen LogP contribution in [0.5, 0.6) is 0 Å². The summed E-state index contributed by atoms with van der Waals surface area (Å²) in [4.78, 5) is 9.55. The molecule has 0 unspecified atom stereocenters. The molecule has 4 nitrogen and oxygen atoms in total. The molecule has 0 aliphatic rings. The van der Waals surface area contributed by atoms with Crippen molar-refractivity contribution >= 4 is 17.3 Å². The van der Waals surface area contributed by atoms with Crippen LogP contribution in [0.25, 0.3) is 0 Å². The Hall–Kier alpha value is -1.53. The highest BCUT2D eigenvalue weighted by molar-refractivity contribution is 6.29. The molecular weight excluding hydrogens is 254 g/mol. The van der Waals surface area contributed by atoms with E-state index in [2.05, 4.69) is 11.9 Å². The molecule has 0 aromatic heterocycles. The summed E-state index contributed by atoms with van der Waals surface area (Å²) in [7, 11) is 0. The quantitative estimate of drug-likeness (QED) is 0.656. The number of nitrogens with zero attached hydrogens (tertiary/aromatic N) is 1. The largest absolute Gasteiger partial charge is 0.308 e. The van der Waals surface area contributed by atoms with Crippen molar-refractivity contribution in [2.24, 2.45) is 0 Å². The number of nitrogens with one attached hydrogen (secondary N) is 1. The van der Waals surface area contributed by atoms with Crippen molar-refractivity contribution in [3.05, 3.63) is 51.1 Å². The average Bonchev–Trinajstić information content (AvgIpc) is 2.20. The van der Waals surface area contributed by atoms with E-state index in [-0.39, 0.29) is 18.7 Å². The van der Waals surface area contributed by atoms with Gasteiger partial charge >= 0.3 is 5.69 Å². The van der Waals surface area contributed by atoms with E-state index in [1.165, 1.54) is 0 Å². The second-order valence-corrected chi connectivity index (χ2v) is 3.81. The number of nitro groups is 1. The molecule has 17 heavy (non-hydrogen) atoms. The summed E-state index contributed by atoms with van der Waals surface area (Å²) >= 11 is 5.47. The molecule has 0 spiro atoms. The summed E-state index contributed by atoms with van der Waals surface area (Å²) in [6.07, 6.45) is 0. The van der Waals surface area contributed by atoms with E-state index < -0.39 is 22.2 Å². The molecule has 7 heteroatoms. The number of halogens is 3. The standard InChI is InChI=1S/C10H9ClF2N2O2/c1-6(11)4-14-5-7-2-10(15(16)17)9(13)3-8(7)12/h2-3,14H,1,4-5H2. The molecule has 0 saturated heterocycles. The lowest BCUT2D eigenvalue weighted by Gasteiger charge is -2.05. The maximum Gasteiger partial charge on any atom is 0.305 e. The number of hydrogen-bond acceptors (Lipinski definition) is 3. The van der Waals surface area contributed by atoms with Crippen molar-refractivity contribution in [1.82, 2.24) is 5.32 Å². The van der Waals surface area contributed by atoms with Gasteiger partial charge in [0.2, 0.25) is 5.82 Å². The number of hydrogen-bond donors (Lipinski definition) is 1. The molecule has 0 fully saturated rings. The molecule has 0 heterocycles. The molecule has 0 radical (unpaired) electrons. The van der Waals surface area contributed by atoms with Crippen molar-refractivity contribution in [3.8, 4) is 0 Å². The van der Waals surface area contributed by atoms with Crippen LogP contribution in [0.4, 0.5) is 14.5 Å². The first-order valence-corrected chi connectivity index (χ1v) is 4.96. The smallest absolute Gasteiger partial charge is 0.305 e. The fourth-order valence-corrected chi connectivity index (χ4v) is 1.28. The monoisotopic (exact) mass is 262 g/mol. The molecule has 1 rings (SSSR count). The van der Waals surface area contributed by atoms with Gasteiger partial charge in [-0.1, -0.05) is 18.2 Å². The van der Waals surface area contributed by atoms with Gasteiger partial charge in [0.15, 0.2) is 0 Å². The molecule has 0 amide bonds. The summed E-state index contributed by atoms with van der Waals surface area (Å²) in [6, 6.07) is 1.35. The lowest BCUT2D eigenvalue weighted by atomic mass is 10.2. The highest BCUT2D eigenvalue weighted by Crippen LogP contribution is 2.21. The minimum Gasteiger partial charge on any atom is -0.308 e. The average molecular weight is 263 g/mol. The van der Waals surface area contributed by atoms with Crippen LogP contribution in [-0.2, 0) is 6.54 Å². The summed E-state index contributed by atoms with van der Waals surface area (Å²) in [5, 5.41) is 13.5. The van der Waals surface area contributed by atoms with Crippen LogP contribution in [0.3, 0.4) is 0 Å². The molecule has 1 aromatic carbocycles. The third-order valence-corrected chi connectivity index (χ3v) is 2.08. The van der Waals surface area contributed by atoms with Crippen molar-refractivity contribution in [2.45, 2.75) is 6.54 Å². The van der Waals surface area contributed by atoms with Gasteiger partial charge in [-0.05, 0) is 0 Å². The minimum absolute atomic E-state index is 0.00130. The topological polar surface area (TPSA) is 55.2 Å². The van der Waals surface area contributed by atoms with Crippen molar-refractivity contribution < 1.29 is 13.7 Å². The fraction of sp³-hybridized carbons (Fsp3) is 0.200. The third kappa shape index (κ3) is 3.76. The number of benzene rings is 1. The van der Waals surface area contributed by atoms with Crippen molar-refractivity contribution in [2.75, 3.05) is 6.54 Å². The first-order chi connectivity index (χ1) is 7.91. The van der Waals surface area contributed by atoms with Crippen LogP contribution < -0.4 is 5.32 Å². The van der Waals surface area contributed by atoms with Crippen LogP contribution in [0.15, 0.2) is 23.7 Å². The normalized spacial score (nSPS) is 10.3. The summed E-state index contributed by atoms with van der Waals surface area (Å²) < 4.78 is 26.3. The van der Waals surface area contributed by atoms with Gasteiger partial charge < -0.3 is 5.32 Å². The van der Waals surface area contributed by atoms with E-state index in [1.54, 1.807) is 0 Å². The first-order valence-electron chi connectivity index (χ1n) is 4.58. The Kier molecular flexibility index (Phi) is 4.53. The third-order valence-electron chi connectivity index (χ3n) is 1.94. The Bertz CT molecular complexity index is 466. The summed E-state index contributed by atoms with van der Waals surface area (Å²) in [6.45, 7) is 3.64. The van der Waals surface area contributed by atoms with Gasteiger partial charge in [0.05, 0.1) is 4.92 Å². The molecule has 92 valence electrons. The molecular formula is C10H9ClF2N2O2. The van der Waals surface area contributed by atoms with Crippen LogP contribution in [0.1, 0.15) is 5.56 Å². The molecule has 0 saturated carbocycles. The Morgan fingerprint density at radius 2 is 2.12 bits per heavy atom. The van der Waals surface area contributed by atoms with E-state index in [9.17, 15) is 18.9 Å². The number of rotatable bonds is 5. The molecule has 0 atom stereocenters. The zero-order chi connectivity index (χ0) is 13.0. The lowest BCUT2D eigenvalue weighted by molar-refractivity contribution is -0.387. The zero-order valence-electron chi connectivity index (χ0n) is 8.67. The van der Waals surface area contributed by atoms with E-state index >= 15 is 0 Å². The van der Waals surface area contributed by atoms with Gasteiger partial charge in [0.25, 0.3) is 0 Å². The molecule has 0 aliphatic heterocycles. The highest BCUT2D eigenvalue weighted by atomic mass is 35.5. The Morgan fingerprint density at radius 1 is 1.47 bits per heavy atom. The van der Waals surface area contributed by atoms with E-state index in [0.717, 1.165) is 6.07 Å².